The van der Waals surface area contributed by atoms with Crippen LogP contribution in [0, 0.1) is 0 Å². The highest BCUT2D eigenvalue weighted by Gasteiger charge is 2.28. The van der Waals surface area contributed by atoms with E-state index < -0.39 is 13.9 Å². The van der Waals surface area contributed by atoms with E-state index in [1.165, 1.54) is 0 Å². The van der Waals surface area contributed by atoms with Crippen LogP contribution in [-0.4, -0.2) is 28.3 Å². The largest absolute Gasteiger partial charge is 0.525 e. The summed E-state index contributed by atoms with van der Waals surface area (Å²) < 4.78 is 14.3. The van der Waals surface area contributed by atoms with Gasteiger partial charge in [0.15, 0.2) is 0 Å². The van der Waals surface area contributed by atoms with Gasteiger partial charge < -0.3 is 15.1 Å². The maximum atomic E-state index is 10.2. The van der Waals surface area contributed by atoms with E-state index in [4.69, 9.17) is 15.5 Å². The number of nitrogens with two attached hydrogens (primary N) is 1. The molecular formula is C3H7N2O5P. The monoisotopic (exact) mass is 182 g/mol. The molecule has 0 aliphatic carbocycles. The van der Waals surface area contributed by atoms with Crippen molar-refractivity contribution in [2.75, 3.05) is 6.61 Å². The van der Waals surface area contributed by atoms with Gasteiger partial charge in [-0.25, -0.2) is 4.57 Å². The second-order valence-corrected chi connectivity index (χ2v) is 3.08. The minimum absolute atomic E-state index is 0.0787. The van der Waals surface area contributed by atoms with Crippen LogP contribution in [0.2, 0.25) is 0 Å². The summed E-state index contributed by atoms with van der Waals surface area (Å²) in [7, 11) is -4.54. The summed E-state index contributed by atoms with van der Waals surface area (Å²) in [5.74, 6) is -0.265. The van der Waals surface area contributed by atoms with Gasteiger partial charge in [0.2, 0.25) is 0 Å². The summed E-state index contributed by atoms with van der Waals surface area (Å²) in [6.07, 6.45) is 0. The van der Waals surface area contributed by atoms with Crippen LogP contribution in [0.5, 0.6) is 0 Å². The molecule has 1 rings (SSSR count). The molecule has 1 unspecified atom stereocenters. The van der Waals surface area contributed by atoms with Crippen LogP contribution in [0.4, 0.5) is 0 Å². The first-order chi connectivity index (χ1) is 4.99. The fraction of sp³-hybridized carbons (Fsp3) is 0.667. The second-order valence-electron chi connectivity index (χ2n) is 1.91. The molecule has 0 amide bonds. The number of phosphoric ester groups is 1. The Hall–Kier alpha value is -0.620. The Labute approximate surface area is 62.0 Å². The van der Waals surface area contributed by atoms with Gasteiger partial charge in [-0.2, -0.15) is 0 Å². The molecule has 0 bridgehead atoms. The Morgan fingerprint density at radius 2 is 2.45 bits per heavy atom. The Morgan fingerprint density at radius 3 is 2.82 bits per heavy atom. The molecule has 0 aromatic carbocycles. The smallest absolute Gasteiger partial charge is 0.391 e. The maximum absolute atomic E-state index is 10.2. The summed E-state index contributed by atoms with van der Waals surface area (Å²) in [6, 6.07) is -0.692. The average Bonchev–Trinajstić information content (AvgIpc) is 2.12. The molecule has 0 spiro atoms. The molecular weight excluding hydrogens is 175 g/mol. The van der Waals surface area contributed by atoms with Crippen molar-refractivity contribution in [2.45, 2.75) is 6.04 Å². The topological polar surface area (TPSA) is 114 Å². The first-order valence-electron chi connectivity index (χ1n) is 2.69. The number of rotatable bonds is 1. The van der Waals surface area contributed by atoms with Crippen LogP contribution < -0.4 is 5.73 Å². The fourth-order valence-electron chi connectivity index (χ4n) is 0.526. The van der Waals surface area contributed by atoms with Crippen molar-refractivity contribution in [3.8, 4) is 0 Å². The highest BCUT2D eigenvalue weighted by atomic mass is 31.2. The lowest BCUT2D eigenvalue weighted by Crippen LogP contribution is -2.31. The number of hydrogen-bond donors (Lipinski definition) is 3. The zero-order valence-electron chi connectivity index (χ0n) is 5.38. The minimum Gasteiger partial charge on any atom is -0.391 e. The molecule has 0 aromatic rings. The summed E-state index contributed by atoms with van der Waals surface area (Å²) >= 11 is 0. The molecule has 0 saturated heterocycles. The van der Waals surface area contributed by atoms with Crippen molar-refractivity contribution >= 4 is 13.7 Å². The van der Waals surface area contributed by atoms with E-state index in [1.54, 1.807) is 0 Å². The zero-order chi connectivity index (χ0) is 8.48. The van der Waals surface area contributed by atoms with E-state index in [0.29, 0.717) is 0 Å². The van der Waals surface area contributed by atoms with Crippen LogP contribution in [0.25, 0.3) is 0 Å². The fourth-order valence-corrected chi connectivity index (χ4v) is 0.939. The number of phosphoric acid groups is 1. The van der Waals surface area contributed by atoms with E-state index in [2.05, 4.69) is 14.5 Å². The first-order valence-corrected chi connectivity index (χ1v) is 4.22. The van der Waals surface area contributed by atoms with Gasteiger partial charge in [0.05, 0.1) is 0 Å². The predicted octanol–water partition coefficient (Wildman–Crippen LogP) is -1.23. The van der Waals surface area contributed by atoms with Gasteiger partial charge in [-0.1, -0.05) is 0 Å². The average molecular weight is 182 g/mol. The second kappa shape index (κ2) is 2.78. The van der Waals surface area contributed by atoms with Crippen molar-refractivity contribution < 1.29 is 23.7 Å². The molecule has 7 nitrogen and oxygen atoms in total. The number of hydrogen-bond acceptors (Lipinski definition) is 5. The van der Waals surface area contributed by atoms with Crippen LogP contribution in [0.1, 0.15) is 0 Å². The van der Waals surface area contributed by atoms with Gasteiger partial charge >= 0.3 is 7.82 Å². The van der Waals surface area contributed by atoms with E-state index in [1.807, 2.05) is 0 Å². The summed E-state index contributed by atoms with van der Waals surface area (Å²) in [4.78, 5) is 21.0. The zero-order valence-corrected chi connectivity index (χ0v) is 6.27. The minimum atomic E-state index is -4.54. The van der Waals surface area contributed by atoms with Gasteiger partial charge in [0.25, 0.3) is 5.90 Å². The lowest BCUT2D eigenvalue weighted by molar-refractivity contribution is 0.166. The standard InChI is InChI=1S/C3H7N2O5P/c4-2-1-9-5-3(2)10-11(6,7)8/h2H,1,4H2,(H2,6,7,8). The van der Waals surface area contributed by atoms with E-state index in [0.717, 1.165) is 0 Å². The Balaban J connectivity index is 2.56. The van der Waals surface area contributed by atoms with Crippen molar-refractivity contribution in [2.24, 2.45) is 10.9 Å². The van der Waals surface area contributed by atoms with E-state index in [-0.39, 0.29) is 12.5 Å². The lowest BCUT2D eigenvalue weighted by atomic mass is 10.3. The maximum Gasteiger partial charge on any atom is 0.525 e. The predicted molar refractivity (Wildman–Crippen MR) is 34.5 cm³/mol. The Bertz CT molecular complexity index is 222. The van der Waals surface area contributed by atoms with Crippen molar-refractivity contribution in [1.82, 2.24) is 0 Å². The summed E-state index contributed by atoms with van der Waals surface area (Å²) in [5.41, 5.74) is 5.26. The molecule has 0 aromatic heterocycles. The van der Waals surface area contributed by atoms with Crippen molar-refractivity contribution in [3.63, 3.8) is 0 Å². The Morgan fingerprint density at radius 1 is 1.82 bits per heavy atom. The molecule has 1 aliphatic rings. The molecule has 0 fully saturated rings. The van der Waals surface area contributed by atoms with Crippen LogP contribution in [-0.2, 0) is 13.9 Å². The molecule has 8 heteroatoms. The van der Waals surface area contributed by atoms with E-state index >= 15 is 0 Å². The highest BCUT2D eigenvalue weighted by molar-refractivity contribution is 7.46. The molecule has 0 saturated carbocycles. The molecule has 4 N–H and O–H groups in total. The van der Waals surface area contributed by atoms with Crippen LogP contribution >= 0.6 is 7.82 Å². The third kappa shape index (κ3) is 2.47. The molecule has 1 heterocycles. The van der Waals surface area contributed by atoms with Crippen molar-refractivity contribution in [3.05, 3.63) is 0 Å². The summed E-state index contributed by atoms with van der Waals surface area (Å²) in [5, 5.41) is 3.18. The van der Waals surface area contributed by atoms with Crippen molar-refractivity contribution in [1.29, 1.82) is 0 Å². The first kappa shape index (κ1) is 8.48. The quantitative estimate of drug-likeness (QED) is 0.437. The van der Waals surface area contributed by atoms with Gasteiger partial charge in [-0.15, -0.1) is 0 Å². The van der Waals surface area contributed by atoms with Crippen LogP contribution in [0.3, 0.4) is 0 Å². The normalized spacial score (nSPS) is 24.3. The molecule has 0 radical (unpaired) electrons. The van der Waals surface area contributed by atoms with Crippen LogP contribution in [0.15, 0.2) is 5.16 Å². The lowest BCUT2D eigenvalue weighted by Gasteiger charge is -2.06. The van der Waals surface area contributed by atoms with E-state index in [9.17, 15) is 4.57 Å². The van der Waals surface area contributed by atoms with Gasteiger partial charge in [0, 0.05) is 0 Å². The molecule has 1 aliphatic heterocycles. The summed E-state index contributed by atoms with van der Waals surface area (Å²) in [6.45, 7) is 0.0787. The molecule has 11 heavy (non-hydrogen) atoms. The van der Waals surface area contributed by atoms with Gasteiger partial charge in [0.1, 0.15) is 12.6 Å². The third-order valence-electron chi connectivity index (χ3n) is 0.938. The number of nitrogens with zero attached hydrogens (tertiary/aromatic N) is 1. The third-order valence-corrected chi connectivity index (χ3v) is 1.36. The highest BCUT2D eigenvalue weighted by Crippen LogP contribution is 2.37. The van der Waals surface area contributed by atoms with Gasteiger partial charge in [-0.3, -0.25) is 9.79 Å². The number of oxime groups is 1. The molecule has 1 atom stereocenters. The SMILES string of the molecule is NC1CON=C1OP(=O)(O)O. The van der Waals surface area contributed by atoms with Gasteiger partial charge in [-0.05, 0) is 5.16 Å². The molecule has 64 valence electrons. The Kier molecular flexibility index (Phi) is 2.15.